The Hall–Kier alpha value is -1.15. The summed E-state index contributed by atoms with van der Waals surface area (Å²) in [6.45, 7) is 4.98. The molecule has 7 nitrogen and oxygen atoms in total. The van der Waals surface area contributed by atoms with Crippen LogP contribution in [0.4, 0.5) is 0 Å². The van der Waals surface area contributed by atoms with E-state index in [1.54, 1.807) is 16.9 Å². The molecule has 0 N–H and O–H groups in total. The smallest absolute Gasteiger partial charge is 0.224 e. The zero-order chi connectivity index (χ0) is 16.8. The Morgan fingerprint density at radius 2 is 1.95 bits per heavy atom. The standard InChI is InChI=1S/C14H26N2O5S/c1-4-16(13-6-10-22(19,20)11-13)14(18)5-7-15(12(2)17)8-9-21-3/h13H,4-11H2,1-3H3. The zero-order valence-electron chi connectivity index (χ0n) is 13.6. The molecule has 1 heterocycles. The van der Waals surface area contributed by atoms with Gasteiger partial charge in [0, 0.05) is 46.1 Å². The van der Waals surface area contributed by atoms with Gasteiger partial charge in [0.1, 0.15) is 0 Å². The van der Waals surface area contributed by atoms with Crippen molar-refractivity contribution in [3.8, 4) is 0 Å². The lowest BCUT2D eigenvalue weighted by atomic mass is 10.2. The van der Waals surface area contributed by atoms with Gasteiger partial charge in [-0.3, -0.25) is 9.59 Å². The third-order valence-electron chi connectivity index (χ3n) is 3.92. The van der Waals surface area contributed by atoms with E-state index in [0.717, 1.165) is 0 Å². The molecule has 0 saturated carbocycles. The van der Waals surface area contributed by atoms with Crippen molar-refractivity contribution >= 4 is 21.7 Å². The third-order valence-corrected chi connectivity index (χ3v) is 5.67. The molecule has 0 radical (unpaired) electrons. The van der Waals surface area contributed by atoms with Gasteiger partial charge in [-0.05, 0) is 13.3 Å². The van der Waals surface area contributed by atoms with E-state index in [1.165, 1.54) is 6.92 Å². The molecule has 1 saturated heterocycles. The fourth-order valence-electron chi connectivity index (χ4n) is 2.66. The van der Waals surface area contributed by atoms with E-state index in [0.29, 0.717) is 32.7 Å². The van der Waals surface area contributed by atoms with Gasteiger partial charge in [0.15, 0.2) is 9.84 Å². The molecule has 0 spiro atoms. The van der Waals surface area contributed by atoms with Crippen LogP contribution in [0.25, 0.3) is 0 Å². The minimum absolute atomic E-state index is 0.0483. The first-order valence-corrected chi connectivity index (χ1v) is 9.37. The van der Waals surface area contributed by atoms with Gasteiger partial charge in [0.2, 0.25) is 11.8 Å². The minimum atomic E-state index is -3.02. The van der Waals surface area contributed by atoms with Crippen LogP contribution in [-0.4, -0.2) is 80.9 Å². The number of sulfone groups is 1. The average Bonchev–Trinajstić information content (AvgIpc) is 2.79. The first-order chi connectivity index (χ1) is 10.3. The minimum Gasteiger partial charge on any atom is -0.383 e. The molecule has 0 aromatic rings. The monoisotopic (exact) mass is 334 g/mol. The van der Waals surface area contributed by atoms with Crippen LogP contribution in [0, 0.1) is 0 Å². The van der Waals surface area contributed by atoms with Gasteiger partial charge in [-0.2, -0.15) is 0 Å². The van der Waals surface area contributed by atoms with Crippen LogP contribution in [0.3, 0.4) is 0 Å². The molecular formula is C14H26N2O5S. The van der Waals surface area contributed by atoms with Crippen LogP contribution in [0.15, 0.2) is 0 Å². The highest BCUT2D eigenvalue weighted by Gasteiger charge is 2.33. The van der Waals surface area contributed by atoms with E-state index in [9.17, 15) is 18.0 Å². The third kappa shape index (κ3) is 5.57. The Morgan fingerprint density at radius 1 is 1.27 bits per heavy atom. The summed E-state index contributed by atoms with van der Waals surface area (Å²) in [7, 11) is -1.46. The van der Waals surface area contributed by atoms with Crippen LogP contribution in [0.2, 0.25) is 0 Å². The Balaban J connectivity index is 2.56. The molecule has 1 unspecified atom stereocenters. The lowest BCUT2D eigenvalue weighted by Gasteiger charge is -2.28. The van der Waals surface area contributed by atoms with E-state index in [-0.39, 0.29) is 35.8 Å². The van der Waals surface area contributed by atoms with E-state index in [4.69, 9.17) is 4.74 Å². The van der Waals surface area contributed by atoms with Crippen molar-refractivity contribution in [2.75, 3.05) is 44.9 Å². The lowest BCUT2D eigenvalue weighted by Crippen LogP contribution is -2.43. The summed E-state index contributed by atoms with van der Waals surface area (Å²) < 4.78 is 28.1. The largest absolute Gasteiger partial charge is 0.383 e. The Bertz CT molecular complexity index is 491. The topological polar surface area (TPSA) is 84.0 Å². The van der Waals surface area contributed by atoms with Crippen LogP contribution < -0.4 is 0 Å². The van der Waals surface area contributed by atoms with Crippen molar-refractivity contribution in [3.05, 3.63) is 0 Å². The van der Waals surface area contributed by atoms with Crippen molar-refractivity contribution in [1.29, 1.82) is 0 Å². The number of hydrogen-bond acceptors (Lipinski definition) is 5. The highest BCUT2D eigenvalue weighted by molar-refractivity contribution is 7.91. The zero-order valence-corrected chi connectivity index (χ0v) is 14.4. The van der Waals surface area contributed by atoms with Gasteiger partial charge < -0.3 is 14.5 Å². The quantitative estimate of drug-likeness (QED) is 0.619. The number of hydrogen-bond donors (Lipinski definition) is 0. The highest BCUT2D eigenvalue weighted by Crippen LogP contribution is 2.18. The molecule has 1 fully saturated rings. The first kappa shape index (κ1) is 18.9. The number of amides is 2. The van der Waals surface area contributed by atoms with Crippen molar-refractivity contribution in [2.24, 2.45) is 0 Å². The van der Waals surface area contributed by atoms with Crippen molar-refractivity contribution < 1.29 is 22.7 Å². The number of ether oxygens (including phenoxy) is 1. The normalized spacial score (nSPS) is 19.9. The fraction of sp³-hybridized carbons (Fsp3) is 0.857. The molecule has 0 aliphatic carbocycles. The van der Waals surface area contributed by atoms with Gasteiger partial charge in [-0.1, -0.05) is 0 Å². The number of rotatable bonds is 8. The molecule has 1 atom stereocenters. The molecule has 0 bridgehead atoms. The van der Waals surface area contributed by atoms with Crippen molar-refractivity contribution in [1.82, 2.24) is 9.80 Å². The molecule has 2 amide bonds. The van der Waals surface area contributed by atoms with E-state index in [1.807, 2.05) is 6.92 Å². The second kappa shape index (κ2) is 8.47. The summed E-state index contributed by atoms with van der Waals surface area (Å²) in [5.41, 5.74) is 0. The predicted molar refractivity (Wildman–Crippen MR) is 83.2 cm³/mol. The van der Waals surface area contributed by atoms with Gasteiger partial charge in [0.05, 0.1) is 18.1 Å². The maximum absolute atomic E-state index is 12.3. The van der Waals surface area contributed by atoms with E-state index < -0.39 is 9.84 Å². The Kier molecular flexibility index (Phi) is 7.28. The van der Waals surface area contributed by atoms with Gasteiger partial charge in [-0.15, -0.1) is 0 Å². The summed E-state index contributed by atoms with van der Waals surface area (Å²) in [6.07, 6.45) is 0.704. The molecule has 128 valence electrons. The lowest BCUT2D eigenvalue weighted by molar-refractivity contribution is -0.134. The summed E-state index contributed by atoms with van der Waals surface area (Å²) in [5, 5.41) is 0. The summed E-state index contributed by atoms with van der Waals surface area (Å²) >= 11 is 0. The van der Waals surface area contributed by atoms with Crippen LogP contribution in [0.5, 0.6) is 0 Å². The first-order valence-electron chi connectivity index (χ1n) is 7.55. The van der Waals surface area contributed by atoms with Gasteiger partial charge in [-0.25, -0.2) is 8.42 Å². The van der Waals surface area contributed by atoms with Crippen LogP contribution in [0.1, 0.15) is 26.7 Å². The van der Waals surface area contributed by atoms with E-state index in [2.05, 4.69) is 0 Å². The molecule has 22 heavy (non-hydrogen) atoms. The van der Waals surface area contributed by atoms with Crippen LogP contribution >= 0.6 is 0 Å². The van der Waals surface area contributed by atoms with E-state index >= 15 is 0 Å². The number of carbonyl (C=O) groups excluding carboxylic acids is 2. The molecule has 1 aliphatic heterocycles. The van der Waals surface area contributed by atoms with Crippen molar-refractivity contribution in [3.63, 3.8) is 0 Å². The molecule has 0 aromatic carbocycles. The fourth-order valence-corrected chi connectivity index (χ4v) is 4.39. The maximum Gasteiger partial charge on any atom is 0.224 e. The van der Waals surface area contributed by atoms with Gasteiger partial charge in [0.25, 0.3) is 0 Å². The average molecular weight is 334 g/mol. The summed E-state index contributed by atoms with van der Waals surface area (Å²) in [6, 6.07) is -0.229. The second-order valence-corrected chi connectivity index (χ2v) is 7.71. The molecule has 1 aliphatic rings. The molecule has 0 aromatic heterocycles. The maximum atomic E-state index is 12.3. The van der Waals surface area contributed by atoms with Gasteiger partial charge >= 0.3 is 0 Å². The molecule has 1 rings (SSSR count). The second-order valence-electron chi connectivity index (χ2n) is 5.49. The SMILES string of the molecule is CCN(C(=O)CCN(CCOC)C(C)=O)C1CCS(=O)(=O)C1. The Morgan fingerprint density at radius 3 is 2.41 bits per heavy atom. The molecule has 8 heteroatoms. The van der Waals surface area contributed by atoms with Crippen LogP contribution in [-0.2, 0) is 24.2 Å². The number of carbonyl (C=O) groups is 2. The summed E-state index contributed by atoms with van der Waals surface area (Å²) in [5.74, 6) is -0.00810. The predicted octanol–water partition coefficient (Wildman–Crippen LogP) is -0.0930. The number of nitrogens with zero attached hydrogens (tertiary/aromatic N) is 2. The molecular weight excluding hydrogens is 308 g/mol. The van der Waals surface area contributed by atoms with Crippen molar-refractivity contribution in [2.45, 2.75) is 32.7 Å². The Labute approximate surface area is 132 Å². The number of methoxy groups -OCH3 is 1. The summed E-state index contributed by atoms with van der Waals surface area (Å²) in [4.78, 5) is 27.0. The highest BCUT2D eigenvalue weighted by atomic mass is 32.2.